The highest BCUT2D eigenvalue weighted by Gasteiger charge is 2.48. The Morgan fingerprint density at radius 3 is 2.17 bits per heavy atom. The molecule has 47 heavy (non-hydrogen) atoms. The van der Waals surface area contributed by atoms with Crippen LogP contribution in [0.15, 0.2) is 12.7 Å². The molecule has 1 saturated heterocycles. The van der Waals surface area contributed by atoms with Crippen molar-refractivity contribution in [3.63, 3.8) is 0 Å². The molecule has 12 nitrogen and oxygen atoms in total. The Bertz CT molecular complexity index is 1280. The summed E-state index contributed by atoms with van der Waals surface area (Å²) in [6, 6.07) is -3.56. The van der Waals surface area contributed by atoms with Crippen LogP contribution >= 0.6 is 0 Å². The van der Waals surface area contributed by atoms with E-state index in [1.54, 1.807) is 6.92 Å². The number of nitrogens with zero attached hydrogens (tertiary/aromatic N) is 1. The number of likely N-dealkylation sites (tertiary alicyclic amines) is 1. The number of carbonyl (C=O) groups is 5. The minimum Gasteiger partial charge on any atom is -0.346 e. The summed E-state index contributed by atoms with van der Waals surface area (Å²) >= 11 is 0. The summed E-state index contributed by atoms with van der Waals surface area (Å²) in [5.74, 6) is -2.55. The van der Waals surface area contributed by atoms with Crippen LogP contribution in [0.5, 0.6) is 0 Å². The molecular formula is C34H57N5O7S. The van der Waals surface area contributed by atoms with Gasteiger partial charge in [0.15, 0.2) is 9.84 Å². The maximum Gasteiger partial charge on any atom is 0.315 e. The van der Waals surface area contributed by atoms with Crippen molar-refractivity contribution < 1.29 is 32.4 Å². The summed E-state index contributed by atoms with van der Waals surface area (Å²) in [7, 11) is -3.39. The average Bonchev–Trinajstić information content (AvgIpc) is 3.70. The van der Waals surface area contributed by atoms with Gasteiger partial charge in [-0.15, -0.1) is 6.58 Å². The number of carbonyl (C=O) groups excluding carboxylic acids is 5. The van der Waals surface area contributed by atoms with Crippen LogP contribution in [0.4, 0.5) is 4.79 Å². The Kier molecular flexibility index (Phi) is 13.1. The van der Waals surface area contributed by atoms with Gasteiger partial charge in [0.05, 0.1) is 17.3 Å². The van der Waals surface area contributed by atoms with Crippen LogP contribution in [-0.2, 0) is 29.0 Å². The second-order valence-electron chi connectivity index (χ2n) is 15.2. The molecule has 2 unspecified atom stereocenters. The van der Waals surface area contributed by atoms with E-state index < -0.39 is 68.5 Å². The van der Waals surface area contributed by atoms with Crippen LogP contribution in [0.25, 0.3) is 0 Å². The van der Waals surface area contributed by atoms with Crippen LogP contribution in [0.3, 0.4) is 0 Å². The van der Waals surface area contributed by atoms with Gasteiger partial charge in [-0.2, -0.15) is 0 Å². The summed E-state index contributed by atoms with van der Waals surface area (Å²) in [6.45, 7) is 15.0. The lowest BCUT2D eigenvalue weighted by atomic mass is 9.83. The summed E-state index contributed by atoms with van der Waals surface area (Å²) in [5, 5.41) is 11.2. The lowest BCUT2D eigenvalue weighted by Crippen LogP contribution is -2.63. The Labute approximate surface area is 280 Å². The zero-order valence-electron chi connectivity index (χ0n) is 29.2. The predicted octanol–water partition coefficient (Wildman–Crippen LogP) is 2.87. The lowest BCUT2D eigenvalue weighted by molar-refractivity contribution is -0.144. The van der Waals surface area contributed by atoms with E-state index in [1.807, 2.05) is 34.6 Å². The zero-order chi connectivity index (χ0) is 35.2. The number of urea groups is 1. The van der Waals surface area contributed by atoms with Gasteiger partial charge in [0.25, 0.3) is 5.91 Å². The first-order valence-electron chi connectivity index (χ1n) is 17.3. The zero-order valence-corrected chi connectivity index (χ0v) is 30.0. The first-order valence-corrected chi connectivity index (χ1v) is 19.1. The molecule has 13 heteroatoms. The minimum atomic E-state index is -3.39. The molecule has 4 atom stereocenters. The first kappa shape index (κ1) is 38.5. The molecule has 5 amide bonds. The van der Waals surface area contributed by atoms with E-state index in [9.17, 15) is 32.4 Å². The Hall–Kier alpha value is -2.96. The number of hydrogen-bond donors (Lipinski definition) is 4. The van der Waals surface area contributed by atoms with E-state index in [0.717, 1.165) is 32.1 Å². The number of Topliss-reactive ketones (excluding diaryl/α,β-unsaturated/α-hetero) is 1. The van der Waals surface area contributed by atoms with Gasteiger partial charge >= 0.3 is 6.03 Å². The molecule has 0 aromatic rings. The van der Waals surface area contributed by atoms with Crippen LogP contribution in [0, 0.1) is 23.2 Å². The van der Waals surface area contributed by atoms with Gasteiger partial charge in [-0.1, -0.05) is 79.7 Å². The van der Waals surface area contributed by atoms with E-state index >= 15 is 0 Å². The second kappa shape index (κ2) is 16.0. The Balaban J connectivity index is 1.84. The molecule has 0 radical (unpaired) electrons. The van der Waals surface area contributed by atoms with Crippen molar-refractivity contribution >= 4 is 39.4 Å². The number of nitrogens with one attached hydrogen (secondary N) is 4. The van der Waals surface area contributed by atoms with Gasteiger partial charge < -0.3 is 26.2 Å². The quantitative estimate of drug-likeness (QED) is 0.152. The molecular weight excluding hydrogens is 622 g/mol. The highest BCUT2D eigenvalue weighted by atomic mass is 32.2. The van der Waals surface area contributed by atoms with Crippen molar-refractivity contribution in [2.75, 3.05) is 24.6 Å². The third-order valence-corrected chi connectivity index (χ3v) is 11.8. The monoisotopic (exact) mass is 679 g/mol. The van der Waals surface area contributed by atoms with E-state index in [1.165, 1.54) is 11.0 Å². The third kappa shape index (κ3) is 10.5. The largest absolute Gasteiger partial charge is 0.346 e. The Morgan fingerprint density at radius 2 is 1.64 bits per heavy atom. The fourth-order valence-electron chi connectivity index (χ4n) is 6.96. The maximum absolute atomic E-state index is 14.4. The van der Waals surface area contributed by atoms with Crippen molar-refractivity contribution in [3.8, 4) is 0 Å². The summed E-state index contributed by atoms with van der Waals surface area (Å²) in [6.07, 6.45) is 7.83. The average molecular weight is 680 g/mol. The molecule has 0 aromatic carbocycles. The molecule has 3 aliphatic rings. The van der Waals surface area contributed by atoms with E-state index in [2.05, 4.69) is 27.8 Å². The van der Waals surface area contributed by atoms with Crippen molar-refractivity contribution in [1.29, 1.82) is 0 Å². The number of amides is 5. The van der Waals surface area contributed by atoms with Gasteiger partial charge in [0.2, 0.25) is 17.6 Å². The van der Waals surface area contributed by atoms with Gasteiger partial charge in [-0.25, -0.2) is 13.2 Å². The van der Waals surface area contributed by atoms with Gasteiger partial charge in [0.1, 0.15) is 12.1 Å². The standard InChI is InChI=1S/C34H57N5O7S/c1-8-18-35-30(42)27(40)25(20-23-13-14-23)36-29(41)26-24(22(3)4)15-19-39(26)31(43)28(33(5,6)7)37-32(44)38-34(16-11-10-12-17-34)21-47(45,46)9-2/h8,22-26,28H,1,9-21H2,2-7H3,(H,35,42)(H,36,41)(H2,37,38,44)/t24?,25?,26-,28+/m0/s1. The maximum atomic E-state index is 14.4. The van der Waals surface area contributed by atoms with E-state index in [-0.39, 0.29) is 42.3 Å². The topological polar surface area (TPSA) is 171 Å². The summed E-state index contributed by atoms with van der Waals surface area (Å²) in [5.41, 5.74) is -1.67. The van der Waals surface area contributed by atoms with Crippen LogP contribution in [0.1, 0.15) is 99.3 Å². The van der Waals surface area contributed by atoms with Crippen LogP contribution in [-0.4, -0.2) is 91.1 Å². The van der Waals surface area contributed by atoms with Crippen molar-refractivity contribution in [2.45, 2.75) is 123 Å². The molecule has 0 bridgehead atoms. The van der Waals surface area contributed by atoms with Gasteiger partial charge in [-0.05, 0) is 48.9 Å². The second-order valence-corrected chi connectivity index (χ2v) is 17.5. The molecule has 4 N–H and O–H groups in total. The molecule has 266 valence electrons. The molecule has 2 saturated carbocycles. The highest BCUT2D eigenvalue weighted by molar-refractivity contribution is 7.91. The smallest absolute Gasteiger partial charge is 0.315 e. The highest BCUT2D eigenvalue weighted by Crippen LogP contribution is 2.36. The molecule has 1 aliphatic heterocycles. The number of rotatable bonds is 15. The predicted molar refractivity (Wildman–Crippen MR) is 181 cm³/mol. The number of ketones is 1. The molecule has 0 aromatic heterocycles. The van der Waals surface area contributed by atoms with Gasteiger partial charge in [-0.3, -0.25) is 19.2 Å². The Morgan fingerprint density at radius 1 is 1.00 bits per heavy atom. The normalized spacial score (nSPS) is 22.6. The number of hydrogen-bond acceptors (Lipinski definition) is 7. The van der Waals surface area contributed by atoms with Crippen molar-refractivity contribution in [3.05, 3.63) is 12.7 Å². The van der Waals surface area contributed by atoms with Crippen molar-refractivity contribution in [1.82, 2.24) is 26.2 Å². The third-order valence-electron chi connectivity index (χ3n) is 9.90. The van der Waals surface area contributed by atoms with E-state index in [0.29, 0.717) is 25.7 Å². The molecule has 3 rings (SSSR count). The van der Waals surface area contributed by atoms with E-state index in [4.69, 9.17) is 0 Å². The molecule has 3 fully saturated rings. The minimum absolute atomic E-state index is 0.0246. The van der Waals surface area contributed by atoms with Crippen LogP contribution in [0.2, 0.25) is 0 Å². The fourth-order valence-corrected chi connectivity index (χ4v) is 8.37. The first-order chi connectivity index (χ1) is 21.9. The van der Waals surface area contributed by atoms with Crippen LogP contribution < -0.4 is 21.3 Å². The molecule has 0 spiro atoms. The lowest BCUT2D eigenvalue weighted by Gasteiger charge is -2.40. The molecule has 1 heterocycles. The SMILES string of the molecule is C=CCNC(=O)C(=O)C(CC1CC1)NC(=O)[C@@H]1C(C(C)C)CCN1C(=O)[C@@H](NC(=O)NC1(CS(=O)(=O)CC)CCCCC1)C(C)(C)C. The summed E-state index contributed by atoms with van der Waals surface area (Å²) < 4.78 is 25.3. The molecule has 2 aliphatic carbocycles. The van der Waals surface area contributed by atoms with Crippen molar-refractivity contribution in [2.24, 2.45) is 23.2 Å². The number of sulfone groups is 1. The fraction of sp³-hybridized carbons (Fsp3) is 0.794. The van der Waals surface area contributed by atoms with Gasteiger partial charge in [0, 0.05) is 18.8 Å². The summed E-state index contributed by atoms with van der Waals surface area (Å²) in [4.78, 5) is 69.1.